The highest BCUT2D eigenvalue weighted by atomic mass is 16.5. The molecule has 152 valence electrons. The van der Waals surface area contributed by atoms with E-state index < -0.39 is 0 Å². The van der Waals surface area contributed by atoms with Gasteiger partial charge in [-0.05, 0) is 38.4 Å². The lowest BCUT2D eigenvalue weighted by molar-refractivity contribution is 0.157. The van der Waals surface area contributed by atoms with Crippen LogP contribution in [0.3, 0.4) is 0 Å². The van der Waals surface area contributed by atoms with Gasteiger partial charge in [0, 0.05) is 38.7 Å². The number of ether oxygens (including phenoxy) is 1. The minimum Gasteiger partial charge on any atom is -0.384 e. The number of likely N-dealkylation sites (tertiary alicyclic amines) is 1. The number of likely N-dealkylation sites (N-methyl/N-ethyl adjacent to an activating group) is 1. The molecule has 1 aliphatic rings. The second kappa shape index (κ2) is 12.0. The highest BCUT2D eigenvalue weighted by Gasteiger charge is 2.25. The molecule has 0 spiro atoms. The molecule has 0 aliphatic carbocycles. The average Bonchev–Trinajstić information content (AvgIpc) is 3.15. The van der Waals surface area contributed by atoms with Crippen molar-refractivity contribution in [2.75, 3.05) is 53.0 Å². The maximum absolute atomic E-state index is 5.35. The fraction of sp³-hybridized carbons (Fsp3) is 0.682. The summed E-state index contributed by atoms with van der Waals surface area (Å²) in [5.74, 6) is 1.67. The van der Waals surface area contributed by atoms with Crippen molar-refractivity contribution in [3.05, 3.63) is 35.9 Å². The van der Waals surface area contributed by atoms with Crippen LogP contribution in [0.4, 0.5) is 0 Å². The van der Waals surface area contributed by atoms with Gasteiger partial charge in [-0.15, -0.1) is 0 Å². The summed E-state index contributed by atoms with van der Waals surface area (Å²) in [6, 6.07) is 11.2. The number of hydrogen-bond acceptors (Lipinski definition) is 3. The van der Waals surface area contributed by atoms with Crippen LogP contribution in [0.25, 0.3) is 0 Å². The van der Waals surface area contributed by atoms with E-state index in [9.17, 15) is 0 Å². The summed E-state index contributed by atoms with van der Waals surface area (Å²) in [4.78, 5) is 9.98. The Labute approximate surface area is 165 Å². The number of aliphatic imine (C=N–C) groups is 1. The largest absolute Gasteiger partial charge is 0.384 e. The first-order valence-corrected chi connectivity index (χ1v) is 10.5. The zero-order valence-electron chi connectivity index (χ0n) is 17.7. The Balaban J connectivity index is 2.07. The number of hydrogen-bond donors (Lipinski definition) is 1. The number of nitrogens with one attached hydrogen (secondary N) is 1. The van der Waals surface area contributed by atoms with Gasteiger partial charge >= 0.3 is 0 Å². The van der Waals surface area contributed by atoms with Gasteiger partial charge in [0.1, 0.15) is 0 Å². The van der Waals surface area contributed by atoms with Crippen LogP contribution >= 0.6 is 0 Å². The van der Waals surface area contributed by atoms with Crippen LogP contribution < -0.4 is 5.32 Å². The Morgan fingerprint density at radius 3 is 2.63 bits per heavy atom. The minimum absolute atomic E-state index is 0.424. The lowest BCUT2D eigenvalue weighted by Crippen LogP contribution is -2.43. The SMILES string of the molecule is CCNC(=NCC(Cc1ccccc1)N(CC)CC)N1CCC(COC)C1. The molecule has 1 fully saturated rings. The monoisotopic (exact) mass is 374 g/mol. The second-order valence-electron chi connectivity index (χ2n) is 7.32. The zero-order chi connectivity index (χ0) is 19.5. The molecule has 2 atom stereocenters. The summed E-state index contributed by atoms with van der Waals surface area (Å²) in [7, 11) is 1.79. The number of methoxy groups -OCH3 is 1. The fourth-order valence-corrected chi connectivity index (χ4v) is 3.95. The molecule has 1 aromatic rings. The third-order valence-electron chi connectivity index (χ3n) is 5.42. The van der Waals surface area contributed by atoms with Crippen LogP contribution in [0.5, 0.6) is 0 Å². The van der Waals surface area contributed by atoms with E-state index in [1.54, 1.807) is 7.11 Å². The summed E-state index contributed by atoms with van der Waals surface area (Å²) in [5.41, 5.74) is 1.39. The second-order valence-corrected chi connectivity index (χ2v) is 7.32. The van der Waals surface area contributed by atoms with E-state index in [2.05, 4.69) is 66.2 Å². The lowest BCUT2D eigenvalue weighted by Gasteiger charge is -2.29. The van der Waals surface area contributed by atoms with Crippen LogP contribution in [-0.4, -0.2) is 74.8 Å². The van der Waals surface area contributed by atoms with Crippen molar-refractivity contribution < 1.29 is 4.74 Å². The quantitative estimate of drug-likeness (QED) is 0.505. The third kappa shape index (κ3) is 6.82. The number of nitrogens with zero attached hydrogens (tertiary/aromatic N) is 3. The van der Waals surface area contributed by atoms with Gasteiger partial charge in [-0.25, -0.2) is 0 Å². The summed E-state index contributed by atoms with van der Waals surface area (Å²) >= 11 is 0. The zero-order valence-corrected chi connectivity index (χ0v) is 17.7. The molecule has 1 N–H and O–H groups in total. The standard InChI is InChI=1S/C22H38N4O/c1-5-23-22(26-14-13-20(17-26)18-27-4)24-16-21(25(6-2)7-3)15-19-11-9-8-10-12-19/h8-12,20-21H,5-7,13-18H2,1-4H3,(H,23,24). The Morgan fingerprint density at radius 1 is 1.26 bits per heavy atom. The van der Waals surface area contributed by atoms with Gasteiger partial charge in [0.15, 0.2) is 5.96 Å². The maximum atomic E-state index is 5.35. The van der Waals surface area contributed by atoms with Crippen molar-refractivity contribution >= 4 is 5.96 Å². The summed E-state index contributed by atoms with van der Waals surface area (Å²) < 4.78 is 5.35. The molecule has 1 saturated heterocycles. The maximum Gasteiger partial charge on any atom is 0.193 e. The van der Waals surface area contributed by atoms with Crippen LogP contribution in [0.2, 0.25) is 0 Å². The molecule has 1 aromatic carbocycles. The van der Waals surface area contributed by atoms with Crippen molar-refractivity contribution in [1.82, 2.24) is 15.1 Å². The van der Waals surface area contributed by atoms with Gasteiger partial charge < -0.3 is 15.0 Å². The van der Waals surface area contributed by atoms with E-state index in [1.165, 1.54) is 12.0 Å². The summed E-state index contributed by atoms with van der Waals surface area (Å²) in [6.07, 6.45) is 2.22. The lowest BCUT2D eigenvalue weighted by atomic mass is 10.0. The van der Waals surface area contributed by atoms with Gasteiger partial charge in [0.2, 0.25) is 0 Å². The molecule has 5 nitrogen and oxygen atoms in total. The molecule has 2 unspecified atom stereocenters. The van der Waals surface area contributed by atoms with Crippen molar-refractivity contribution in [1.29, 1.82) is 0 Å². The molecular formula is C22H38N4O. The van der Waals surface area contributed by atoms with Crippen LogP contribution in [0.1, 0.15) is 32.8 Å². The van der Waals surface area contributed by atoms with Gasteiger partial charge in [-0.2, -0.15) is 0 Å². The molecule has 0 aromatic heterocycles. The molecular weight excluding hydrogens is 336 g/mol. The van der Waals surface area contributed by atoms with Gasteiger partial charge in [-0.3, -0.25) is 9.89 Å². The molecule has 0 saturated carbocycles. The van der Waals surface area contributed by atoms with Crippen molar-refractivity contribution in [3.63, 3.8) is 0 Å². The topological polar surface area (TPSA) is 40.1 Å². The number of guanidine groups is 1. The molecule has 5 heteroatoms. The third-order valence-corrected chi connectivity index (χ3v) is 5.42. The molecule has 2 rings (SSSR count). The average molecular weight is 375 g/mol. The molecule has 1 aliphatic heterocycles. The highest BCUT2D eigenvalue weighted by molar-refractivity contribution is 5.80. The molecule has 0 radical (unpaired) electrons. The molecule has 0 amide bonds. The number of benzene rings is 1. The van der Waals surface area contributed by atoms with Crippen LogP contribution in [-0.2, 0) is 11.2 Å². The molecule has 1 heterocycles. The van der Waals surface area contributed by atoms with Gasteiger partial charge in [0.05, 0.1) is 13.2 Å². The predicted molar refractivity (Wildman–Crippen MR) is 114 cm³/mol. The minimum atomic E-state index is 0.424. The van der Waals surface area contributed by atoms with Crippen molar-refractivity contribution in [3.8, 4) is 0 Å². The Kier molecular flexibility index (Phi) is 9.64. The van der Waals surface area contributed by atoms with Crippen molar-refractivity contribution in [2.24, 2.45) is 10.9 Å². The van der Waals surface area contributed by atoms with E-state index in [-0.39, 0.29) is 0 Å². The first-order valence-electron chi connectivity index (χ1n) is 10.5. The van der Waals surface area contributed by atoms with Crippen LogP contribution in [0, 0.1) is 5.92 Å². The number of rotatable bonds is 10. The Bertz CT molecular complexity index is 545. The van der Waals surface area contributed by atoms with Gasteiger partial charge in [-0.1, -0.05) is 44.2 Å². The van der Waals surface area contributed by atoms with E-state index in [4.69, 9.17) is 9.73 Å². The van der Waals surface area contributed by atoms with Crippen LogP contribution in [0.15, 0.2) is 35.3 Å². The molecule has 27 heavy (non-hydrogen) atoms. The van der Waals surface area contributed by atoms with E-state index in [1.807, 2.05) is 0 Å². The van der Waals surface area contributed by atoms with E-state index in [0.717, 1.165) is 58.3 Å². The normalized spacial score (nSPS) is 18.9. The van der Waals surface area contributed by atoms with Gasteiger partial charge in [0.25, 0.3) is 0 Å². The predicted octanol–water partition coefficient (Wildman–Crippen LogP) is 2.87. The van der Waals surface area contributed by atoms with Crippen molar-refractivity contribution in [2.45, 2.75) is 39.7 Å². The van der Waals surface area contributed by atoms with E-state index >= 15 is 0 Å². The Hall–Kier alpha value is -1.59. The Morgan fingerprint density at radius 2 is 2.00 bits per heavy atom. The van der Waals surface area contributed by atoms with E-state index in [0.29, 0.717) is 12.0 Å². The summed E-state index contributed by atoms with van der Waals surface area (Å²) in [6.45, 7) is 13.4. The highest BCUT2D eigenvalue weighted by Crippen LogP contribution is 2.17. The molecule has 0 bridgehead atoms. The first-order chi connectivity index (χ1) is 13.2. The fourth-order valence-electron chi connectivity index (χ4n) is 3.95. The summed E-state index contributed by atoms with van der Waals surface area (Å²) in [5, 5.41) is 3.50. The smallest absolute Gasteiger partial charge is 0.193 e. The first kappa shape index (κ1) is 21.7.